The highest BCUT2D eigenvalue weighted by Gasteiger charge is 2.02. The molecule has 0 unspecified atom stereocenters. The largest absolute Gasteiger partial charge is 0.457 e. The average molecular weight is 290 g/mol. The lowest BCUT2D eigenvalue weighted by molar-refractivity contribution is 0.481. The van der Waals surface area contributed by atoms with Crippen LogP contribution in [0.2, 0.25) is 5.02 Å². The van der Waals surface area contributed by atoms with Crippen molar-refractivity contribution in [3.63, 3.8) is 0 Å². The smallest absolute Gasteiger partial charge is 0.127 e. The molecule has 2 aromatic carbocycles. The van der Waals surface area contributed by atoms with Gasteiger partial charge in [0.15, 0.2) is 0 Å². The fourth-order valence-corrected chi connectivity index (χ4v) is 2.22. The Morgan fingerprint density at radius 3 is 2.35 bits per heavy atom. The van der Waals surface area contributed by atoms with Gasteiger partial charge in [-0.1, -0.05) is 37.6 Å². The maximum absolute atomic E-state index is 6.11. The van der Waals surface area contributed by atoms with Crippen LogP contribution in [0.25, 0.3) is 0 Å². The molecule has 2 rings (SSSR count). The van der Waals surface area contributed by atoms with Gasteiger partial charge in [0.05, 0.1) is 0 Å². The van der Waals surface area contributed by atoms with Crippen molar-refractivity contribution < 1.29 is 4.74 Å². The van der Waals surface area contributed by atoms with Crippen LogP contribution in [0.5, 0.6) is 11.5 Å². The molecule has 0 saturated heterocycles. The summed E-state index contributed by atoms with van der Waals surface area (Å²) >= 11 is 6.11. The van der Waals surface area contributed by atoms with Crippen molar-refractivity contribution in [2.24, 2.45) is 0 Å². The topological polar surface area (TPSA) is 21.3 Å². The minimum Gasteiger partial charge on any atom is -0.457 e. The number of hydrogen-bond acceptors (Lipinski definition) is 2. The van der Waals surface area contributed by atoms with E-state index in [-0.39, 0.29) is 0 Å². The summed E-state index contributed by atoms with van der Waals surface area (Å²) in [5.41, 5.74) is 2.36. The van der Waals surface area contributed by atoms with E-state index in [1.54, 1.807) is 0 Å². The molecule has 3 heteroatoms. The SMILES string of the molecule is CCNCc1ccc(Oc2ccc(Cl)c(CC)c2)cc1. The van der Waals surface area contributed by atoms with Crippen LogP contribution < -0.4 is 10.1 Å². The molecule has 0 amide bonds. The van der Waals surface area contributed by atoms with E-state index in [1.165, 1.54) is 5.56 Å². The van der Waals surface area contributed by atoms with Gasteiger partial charge in [-0.3, -0.25) is 0 Å². The van der Waals surface area contributed by atoms with Crippen LogP contribution in [0, 0.1) is 0 Å². The van der Waals surface area contributed by atoms with E-state index in [1.807, 2.05) is 30.3 Å². The molecule has 2 aromatic rings. The summed E-state index contributed by atoms with van der Waals surface area (Å²) in [6.45, 7) is 6.05. The van der Waals surface area contributed by atoms with Crippen LogP contribution in [-0.4, -0.2) is 6.54 Å². The van der Waals surface area contributed by atoms with E-state index in [9.17, 15) is 0 Å². The molecule has 0 aliphatic carbocycles. The third-order valence-corrected chi connectivity index (χ3v) is 3.50. The molecule has 0 bridgehead atoms. The van der Waals surface area contributed by atoms with Gasteiger partial charge >= 0.3 is 0 Å². The van der Waals surface area contributed by atoms with Gasteiger partial charge in [-0.15, -0.1) is 0 Å². The number of ether oxygens (including phenoxy) is 1. The molecule has 20 heavy (non-hydrogen) atoms. The predicted octanol–water partition coefficient (Wildman–Crippen LogP) is 4.80. The number of halogens is 1. The van der Waals surface area contributed by atoms with E-state index >= 15 is 0 Å². The second-order valence-electron chi connectivity index (χ2n) is 4.63. The number of rotatable bonds is 6. The second-order valence-corrected chi connectivity index (χ2v) is 5.04. The molecule has 0 spiro atoms. The van der Waals surface area contributed by atoms with Crippen molar-refractivity contribution >= 4 is 11.6 Å². The Morgan fingerprint density at radius 2 is 1.70 bits per heavy atom. The molecule has 0 fully saturated rings. The van der Waals surface area contributed by atoms with E-state index in [2.05, 4.69) is 31.3 Å². The van der Waals surface area contributed by atoms with Crippen molar-refractivity contribution in [2.75, 3.05) is 6.54 Å². The van der Waals surface area contributed by atoms with Crippen LogP contribution >= 0.6 is 11.6 Å². The standard InChI is InChI=1S/C17H20ClNO/c1-3-14-11-16(9-10-17(14)18)20-15-7-5-13(6-8-15)12-19-4-2/h5-11,19H,3-4,12H2,1-2H3. The highest BCUT2D eigenvalue weighted by Crippen LogP contribution is 2.26. The molecule has 0 saturated carbocycles. The van der Waals surface area contributed by atoms with Gasteiger partial charge in [0.1, 0.15) is 11.5 Å². The Morgan fingerprint density at radius 1 is 1.00 bits per heavy atom. The van der Waals surface area contributed by atoms with Gasteiger partial charge in [0.25, 0.3) is 0 Å². The minimum atomic E-state index is 0.792. The molecule has 0 radical (unpaired) electrons. The van der Waals surface area contributed by atoms with Gasteiger partial charge in [0, 0.05) is 11.6 Å². The normalized spacial score (nSPS) is 10.6. The minimum absolute atomic E-state index is 0.792. The molecule has 1 N–H and O–H groups in total. The molecule has 0 aliphatic heterocycles. The summed E-state index contributed by atoms with van der Waals surface area (Å²) in [7, 11) is 0. The van der Waals surface area contributed by atoms with Crippen LogP contribution in [-0.2, 0) is 13.0 Å². The zero-order valence-electron chi connectivity index (χ0n) is 11.9. The number of benzene rings is 2. The van der Waals surface area contributed by atoms with Crippen LogP contribution in [0.4, 0.5) is 0 Å². The molecule has 0 aromatic heterocycles. The maximum Gasteiger partial charge on any atom is 0.127 e. The summed E-state index contributed by atoms with van der Waals surface area (Å²) in [6.07, 6.45) is 0.900. The summed E-state index contributed by atoms with van der Waals surface area (Å²) < 4.78 is 5.86. The first kappa shape index (κ1) is 14.9. The molecular formula is C17H20ClNO. The molecule has 0 atom stereocenters. The molecule has 106 valence electrons. The maximum atomic E-state index is 6.11. The van der Waals surface area contributed by atoms with Gasteiger partial charge < -0.3 is 10.1 Å². The Hall–Kier alpha value is -1.51. The van der Waals surface area contributed by atoms with E-state index in [0.717, 1.165) is 41.6 Å². The van der Waals surface area contributed by atoms with Crippen LogP contribution in [0.3, 0.4) is 0 Å². The summed E-state index contributed by atoms with van der Waals surface area (Å²) in [5.74, 6) is 1.67. The fraction of sp³-hybridized carbons (Fsp3) is 0.294. The first-order valence-corrected chi connectivity index (χ1v) is 7.36. The van der Waals surface area contributed by atoms with Crippen LogP contribution in [0.15, 0.2) is 42.5 Å². The Balaban J connectivity index is 2.06. The Labute approximate surface area is 125 Å². The number of hydrogen-bond donors (Lipinski definition) is 1. The predicted molar refractivity (Wildman–Crippen MR) is 84.7 cm³/mol. The molecule has 0 aliphatic rings. The second kappa shape index (κ2) is 7.32. The quantitative estimate of drug-likeness (QED) is 0.824. The Kier molecular flexibility index (Phi) is 5.45. The first-order valence-electron chi connectivity index (χ1n) is 6.99. The lowest BCUT2D eigenvalue weighted by Crippen LogP contribution is -2.11. The van der Waals surface area contributed by atoms with Gasteiger partial charge in [-0.05, 0) is 54.4 Å². The monoisotopic (exact) mass is 289 g/mol. The summed E-state index contributed by atoms with van der Waals surface area (Å²) in [4.78, 5) is 0. The first-order chi connectivity index (χ1) is 9.72. The number of aryl methyl sites for hydroxylation is 1. The number of nitrogens with one attached hydrogen (secondary N) is 1. The van der Waals surface area contributed by atoms with E-state index < -0.39 is 0 Å². The van der Waals surface area contributed by atoms with E-state index in [0.29, 0.717) is 0 Å². The zero-order valence-corrected chi connectivity index (χ0v) is 12.7. The summed E-state index contributed by atoms with van der Waals surface area (Å²) in [6, 6.07) is 13.9. The summed E-state index contributed by atoms with van der Waals surface area (Å²) in [5, 5.41) is 4.09. The van der Waals surface area contributed by atoms with E-state index in [4.69, 9.17) is 16.3 Å². The third-order valence-electron chi connectivity index (χ3n) is 3.14. The van der Waals surface area contributed by atoms with Crippen molar-refractivity contribution in [3.8, 4) is 11.5 Å². The van der Waals surface area contributed by atoms with Gasteiger partial charge in [0.2, 0.25) is 0 Å². The zero-order chi connectivity index (χ0) is 14.4. The van der Waals surface area contributed by atoms with Crippen molar-refractivity contribution in [2.45, 2.75) is 26.8 Å². The van der Waals surface area contributed by atoms with Crippen LogP contribution in [0.1, 0.15) is 25.0 Å². The van der Waals surface area contributed by atoms with Crippen molar-refractivity contribution in [3.05, 3.63) is 58.6 Å². The average Bonchev–Trinajstić information content (AvgIpc) is 2.48. The highest BCUT2D eigenvalue weighted by atomic mass is 35.5. The molecule has 0 heterocycles. The molecular weight excluding hydrogens is 270 g/mol. The Bertz CT molecular complexity index is 551. The van der Waals surface area contributed by atoms with Crippen molar-refractivity contribution in [1.82, 2.24) is 5.32 Å². The third kappa shape index (κ3) is 3.99. The van der Waals surface area contributed by atoms with Gasteiger partial charge in [-0.25, -0.2) is 0 Å². The van der Waals surface area contributed by atoms with Crippen molar-refractivity contribution in [1.29, 1.82) is 0 Å². The lowest BCUT2D eigenvalue weighted by Gasteiger charge is -2.09. The lowest BCUT2D eigenvalue weighted by atomic mass is 10.1. The fourth-order valence-electron chi connectivity index (χ4n) is 1.97. The highest BCUT2D eigenvalue weighted by molar-refractivity contribution is 6.31. The van der Waals surface area contributed by atoms with Gasteiger partial charge in [-0.2, -0.15) is 0 Å². The molecule has 2 nitrogen and oxygen atoms in total.